The van der Waals surface area contributed by atoms with Gasteiger partial charge in [-0.3, -0.25) is 0 Å². The Morgan fingerprint density at radius 3 is 3.00 bits per heavy atom. The van der Waals surface area contributed by atoms with E-state index in [0.29, 0.717) is 12.8 Å². The molecule has 2 heteroatoms. The van der Waals surface area contributed by atoms with E-state index in [0.717, 1.165) is 5.56 Å². The first kappa shape index (κ1) is 8.91. The molecule has 1 aromatic rings. The maximum atomic E-state index is 12.6. The predicted molar refractivity (Wildman–Crippen MR) is 44.2 cm³/mol. The smallest absolute Gasteiger partial charge is 0.131 e. The molecule has 0 aliphatic carbocycles. The van der Waals surface area contributed by atoms with Gasteiger partial charge >= 0.3 is 0 Å². The number of carbonyl (C=O) groups excluding carboxylic acids is 1. The summed E-state index contributed by atoms with van der Waals surface area (Å²) in [6.07, 6.45) is 1.09. The fourth-order valence-electron chi connectivity index (χ4n) is 0.957. The van der Waals surface area contributed by atoms with Crippen LogP contribution >= 0.6 is 0 Å². The van der Waals surface area contributed by atoms with Crippen LogP contribution in [0.15, 0.2) is 18.2 Å². The zero-order valence-electron chi connectivity index (χ0n) is 6.93. The van der Waals surface area contributed by atoms with Crippen molar-refractivity contribution in [2.75, 3.05) is 0 Å². The van der Waals surface area contributed by atoms with Crippen LogP contribution in [0.25, 0.3) is 0 Å². The quantitative estimate of drug-likeness (QED) is 0.670. The molecule has 12 heavy (non-hydrogen) atoms. The lowest BCUT2D eigenvalue weighted by atomic mass is 10.1. The Morgan fingerprint density at radius 2 is 2.42 bits per heavy atom. The van der Waals surface area contributed by atoms with Crippen molar-refractivity contribution >= 4 is 5.78 Å². The summed E-state index contributed by atoms with van der Waals surface area (Å²) in [5.74, 6) is -0.237. The molecular formula is C10H10FO. The number of Topliss-reactive ketones (excluding diaryl/α,β-unsaturated/α-hetero) is 1. The minimum atomic E-state index is -0.365. The molecule has 0 unspecified atom stereocenters. The molecule has 0 aromatic heterocycles. The highest BCUT2D eigenvalue weighted by atomic mass is 19.1. The van der Waals surface area contributed by atoms with Gasteiger partial charge in [-0.15, -0.1) is 0 Å². The largest absolute Gasteiger partial charge is 0.300 e. The van der Waals surface area contributed by atoms with Crippen LogP contribution in [0.4, 0.5) is 4.39 Å². The van der Waals surface area contributed by atoms with Crippen LogP contribution in [0.2, 0.25) is 0 Å². The highest BCUT2D eigenvalue weighted by Gasteiger charge is 1.97. The van der Waals surface area contributed by atoms with E-state index in [1.807, 2.05) is 0 Å². The summed E-state index contributed by atoms with van der Waals surface area (Å²) < 4.78 is 12.6. The summed E-state index contributed by atoms with van der Waals surface area (Å²) >= 11 is 0. The Kier molecular flexibility index (Phi) is 2.97. The number of rotatable bonds is 3. The molecule has 0 fully saturated rings. The fourth-order valence-corrected chi connectivity index (χ4v) is 0.957. The maximum Gasteiger partial charge on any atom is 0.131 e. The summed E-state index contributed by atoms with van der Waals surface area (Å²) in [4.78, 5) is 10.6. The van der Waals surface area contributed by atoms with Crippen LogP contribution < -0.4 is 0 Å². The van der Waals surface area contributed by atoms with Gasteiger partial charge in [0.1, 0.15) is 11.6 Å². The van der Waals surface area contributed by atoms with Gasteiger partial charge in [-0.1, -0.05) is 12.1 Å². The van der Waals surface area contributed by atoms with Crippen molar-refractivity contribution in [1.29, 1.82) is 0 Å². The maximum absolute atomic E-state index is 12.6. The summed E-state index contributed by atoms with van der Waals surface area (Å²) in [5.41, 5.74) is 0.849. The SMILES string of the molecule is CC(=O)CCc1cc[c]c(F)c1. The van der Waals surface area contributed by atoms with Crippen molar-refractivity contribution in [3.05, 3.63) is 35.6 Å². The number of ketones is 1. The van der Waals surface area contributed by atoms with Crippen molar-refractivity contribution < 1.29 is 9.18 Å². The van der Waals surface area contributed by atoms with Gasteiger partial charge in [-0.25, -0.2) is 4.39 Å². The molecule has 0 aliphatic rings. The zero-order chi connectivity index (χ0) is 8.97. The van der Waals surface area contributed by atoms with Crippen LogP contribution in [0.3, 0.4) is 0 Å². The van der Waals surface area contributed by atoms with E-state index in [2.05, 4.69) is 6.07 Å². The molecular weight excluding hydrogens is 155 g/mol. The number of benzene rings is 1. The first-order valence-corrected chi connectivity index (χ1v) is 3.84. The van der Waals surface area contributed by atoms with E-state index in [9.17, 15) is 9.18 Å². The highest BCUT2D eigenvalue weighted by Crippen LogP contribution is 2.05. The summed E-state index contributed by atoms with van der Waals surface area (Å²) in [6.45, 7) is 1.53. The van der Waals surface area contributed by atoms with Gasteiger partial charge in [0.25, 0.3) is 0 Å². The number of hydrogen-bond acceptors (Lipinski definition) is 1. The molecule has 1 aromatic carbocycles. The van der Waals surface area contributed by atoms with Gasteiger partial charge in [0.15, 0.2) is 0 Å². The van der Waals surface area contributed by atoms with Gasteiger partial charge in [0.2, 0.25) is 0 Å². The molecule has 0 atom stereocenters. The van der Waals surface area contributed by atoms with E-state index in [-0.39, 0.29) is 11.6 Å². The van der Waals surface area contributed by atoms with Gasteiger partial charge in [-0.05, 0) is 25.0 Å². The van der Waals surface area contributed by atoms with Crippen molar-refractivity contribution in [3.63, 3.8) is 0 Å². The molecule has 0 saturated heterocycles. The predicted octanol–water partition coefficient (Wildman–Crippen LogP) is 2.15. The molecule has 1 nitrogen and oxygen atoms in total. The van der Waals surface area contributed by atoms with Gasteiger partial charge in [0.05, 0.1) is 0 Å². The zero-order valence-corrected chi connectivity index (χ0v) is 6.93. The van der Waals surface area contributed by atoms with E-state index in [1.165, 1.54) is 19.1 Å². The molecule has 0 bridgehead atoms. The molecule has 1 radical (unpaired) electrons. The number of carbonyl (C=O) groups is 1. The van der Waals surface area contributed by atoms with Crippen LogP contribution in [-0.2, 0) is 11.2 Å². The van der Waals surface area contributed by atoms with E-state index >= 15 is 0 Å². The third-order valence-electron chi connectivity index (χ3n) is 1.60. The summed E-state index contributed by atoms with van der Waals surface area (Å²) in [5, 5.41) is 0. The molecule has 0 spiro atoms. The second-order valence-electron chi connectivity index (χ2n) is 2.75. The lowest BCUT2D eigenvalue weighted by Crippen LogP contribution is -1.94. The van der Waals surface area contributed by atoms with Crippen molar-refractivity contribution in [1.82, 2.24) is 0 Å². The summed E-state index contributed by atoms with van der Waals surface area (Å²) in [6, 6.07) is 7.12. The molecule has 0 saturated carbocycles. The van der Waals surface area contributed by atoms with E-state index < -0.39 is 0 Å². The minimum Gasteiger partial charge on any atom is -0.300 e. The first-order chi connectivity index (χ1) is 5.68. The van der Waals surface area contributed by atoms with Crippen molar-refractivity contribution in [2.45, 2.75) is 19.8 Å². The van der Waals surface area contributed by atoms with Crippen LogP contribution in [0.1, 0.15) is 18.9 Å². The van der Waals surface area contributed by atoms with Crippen LogP contribution in [0, 0.1) is 11.9 Å². The lowest BCUT2D eigenvalue weighted by Gasteiger charge is -1.97. The standard InChI is InChI=1S/C10H10FO/c1-8(12)5-6-9-3-2-4-10(11)7-9/h2-3,7H,5-6H2,1H3. The molecule has 1 rings (SSSR count). The Bertz CT molecular complexity index is 281. The van der Waals surface area contributed by atoms with Crippen LogP contribution in [0.5, 0.6) is 0 Å². The molecule has 0 amide bonds. The second-order valence-corrected chi connectivity index (χ2v) is 2.75. The number of halogens is 1. The second kappa shape index (κ2) is 4.00. The molecule has 0 heterocycles. The third kappa shape index (κ3) is 2.82. The van der Waals surface area contributed by atoms with E-state index in [4.69, 9.17) is 0 Å². The summed E-state index contributed by atoms with van der Waals surface area (Å²) in [7, 11) is 0. The number of aryl methyl sites for hydroxylation is 1. The normalized spacial score (nSPS) is 9.83. The van der Waals surface area contributed by atoms with Crippen molar-refractivity contribution in [3.8, 4) is 0 Å². The Morgan fingerprint density at radius 1 is 1.67 bits per heavy atom. The number of hydrogen-bond donors (Lipinski definition) is 0. The third-order valence-corrected chi connectivity index (χ3v) is 1.60. The molecule has 0 aliphatic heterocycles. The Labute approximate surface area is 71.2 Å². The lowest BCUT2D eigenvalue weighted by molar-refractivity contribution is -0.116. The average Bonchev–Trinajstić information content (AvgIpc) is 2.01. The van der Waals surface area contributed by atoms with Crippen molar-refractivity contribution in [2.24, 2.45) is 0 Å². The Hall–Kier alpha value is -1.18. The Balaban J connectivity index is 2.57. The highest BCUT2D eigenvalue weighted by molar-refractivity contribution is 5.75. The minimum absolute atomic E-state index is 0.128. The molecule has 63 valence electrons. The fraction of sp³-hybridized carbons (Fsp3) is 0.300. The topological polar surface area (TPSA) is 17.1 Å². The average molecular weight is 165 g/mol. The first-order valence-electron chi connectivity index (χ1n) is 3.84. The van der Waals surface area contributed by atoms with Gasteiger partial charge in [-0.2, -0.15) is 0 Å². The van der Waals surface area contributed by atoms with Gasteiger partial charge < -0.3 is 4.79 Å². The van der Waals surface area contributed by atoms with Crippen LogP contribution in [-0.4, -0.2) is 5.78 Å². The monoisotopic (exact) mass is 165 g/mol. The van der Waals surface area contributed by atoms with Gasteiger partial charge in [0, 0.05) is 12.5 Å². The molecule has 0 N–H and O–H groups in total. The van der Waals surface area contributed by atoms with E-state index in [1.54, 1.807) is 6.07 Å².